The van der Waals surface area contributed by atoms with Crippen LogP contribution in [0.4, 0.5) is 0 Å². The molecular formula is C17H25ClN6O3. The molecule has 1 aliphatic rings. The molecule has 0 radical (unpaired) electrons. The number of likely N-dealkylation sites (N-methyl/N-ethyl adjacent to an activating group) is 1. The van der Waals surface area contributed by atoms with Crippen molar-refractivity contribution in [3.05, 3.63) is 35.0 Å². The Bertz CT molecular complexity index is 817. The van der Waals surface area contributed by atoms with Crippen molar-refractivity contribution in [3.63, 3.8) is 0 Å². The highest BCUT2D eigenvalue weighted by Gasteiger charge is 2.30. The molecule has 2 amide bonds. The van der Waals surface area contributed by atoms with Gasteiger partial charge in [0.05, 0.1) is 30.4 Å². The Balaban J connectivity index is 0.00000261. The van der Waals surface area contributed by atoms with Crippen molar-refractivity contribution in [3.8, 4) is 0 Å². The van der Waals surface area contributed by atoms with E-state index >= 15 is 0 Å². The number of aromatic nitrogens is 3. The summed E-state index contributed by atoms with van der Waals surface area (Å²) in [5.74, 6) is 1.19. The van der Waals surface area contributed by atoms with Gasteiger partial charge in [-0.2, -0.15) is 0 Å². The zero-order valence-corrected chi connectivity index (χ0v) is 16.7. The van der Waals surface area contributed by atoms with Crippen LogP contribution in [0, 0.1) is 13.8 Å². The van der Waals surface area contributed by atoms with E-state index in [1.807, 2.05) is 13.1 Å². The molecule has 3 heterocycles. The standard InChI is InChI=1S/C17H24N6O3.ClH/c1-10-5-14(11(2)26-10)17(25)22(4)8-12-9-23(21-20-12)13-6-15(19-7-13)16(24)18-3;/h5,9,13,15,19H,6-8H2,1-4H3,(H,18,24);1H/t13-,15+;/m1./s1. The van der Waals surface area contributed by atoms with Crippen LogP contribution in [0.25, 0.3) is 0 Å². The van der Waals surface area contributed by atoms with Crippen LogP contribution in [-0.4, -0.2) is 58.4 Å². The van der Waals surface area contributed by atoms with E-state index in [1.54, 1.807) is 36.7 Å². The molecule has 10 heteroatoms. The van der Waals surface area contributed by atoms with E-state index in [-0.39, 0.29) is 36.3 Å². The highest BCUT2D eigenvalue weighted by molar-refractivity contribution is 5.95. The Morgan fingerprint density at radius 2 is 2.19 bits per heavy atom. The van der Waals surface area contributed by atoms with Gasteiger partial charge < -0.3 is 20.0 Å². The van der Waals surface area contributed by atoms with Gasteiger partial charge in [0.25, 0.3) is 5.91 Å². The molecule has 2 N–H and O–H groups in total. The number of hydrogen-bond donors (Lipinski definition) is 2. The lowest BCUT2D eigenvalue weighted by Crippen LogP contribution is -2.38. The molecule has 2 aromatic heterocycles. The molecule has 27 heavy (non-hydrogen) atoms. The Morgan fingerprint density at radius 1 is 1.44 bits per heavy atom. The van der Waals surface area contributed by atoms with E-state index in [1.165, 1.54) is 0 Å². The molecule has 0 saturated carbocycles. The number of carbonyl (C=O) groups is 2. The Kier molecular flexibility index (Phi) is 6.61. The lowest BCUT2D eigenvalue weighted by Gasteiger charge is -2.15. The van der Waals surface area contributed by atoms with Crippen molar-refractivity contribution >= 4 is 24.2 Å². The lowest BCUT2D eigenvalue weighted by atomic mass is 10.1. The number of aryl methyl sites for hydroxylation is 2. The minimum Gasteiger partial charge on any atom is -0.466 e. The molecule has 0 spiro atoms. The molecule has 1 aliphatic heterocycles. The fourth-order valence-electron chi connectivity index (χ4n) is 3.22. The maximum atomic E-state index is 12.6. The first kappa shape index (κ1) is 20.9. The monoisotopic (exact) mass is 396 g/mol. The first-order valence-electron chi connectivity index (χ1n) is 8.57. The predicted octanol–water partition coefficient (Wildman–Crippen LogP) is 0.831. The van der Waals surface area contributed by atoms with Crippen LogP contribution >= 0.6 is 12.4 Å². The van der Waals surface area contributed by atoms with E-state index in [0.29, 0.717) is 42.3 Å². The van der Waals surface area contributed by atoms with Crippen molar-refractivity contribution in [2.75, 3.05) is 20.6 Å². The maximum Gasteiger partial charge on any atom is 0.257 e. The second-order valence-corrected chi connectivity index (χ2v) is 6.64. The Labute approximate surface area is 163 Å². The van der Waals surface area contributed by atoms with Gasteiger partial charge in [-0.05, 0) is 26.3 Å². The number of furan rings is 1. The van der Waals surface area contributed by atoms with E-state index in [0.717, 1.165) is 0 Å². The summed E-state index contributed by atoms with van der Waals surface area (Å²) in [5, 5.41) is 14.1. The molecular weight excluding hydrogens is 372 g/mol. The van der Waals surface area contributed by atoms with Gasteiger partial charge in [-0.15, -0.1) is 17.5 Å². The smallest absolute Gasteiger partial charge is 0.257 e. The zero-order chi connectivity index (χ0) is 18.8. The Hall–Kier alpha value is -2.39. The number of nitrogens with one attached hydrogen (secondary N) is 2. The summed E-state index contributed by atoms with van der Waals surface area (Å²) < 4.78 is 7.19. The van der Waals surface area contributed by atoms with Crippen molar-refractivity contribution in [2.24, 2.45) is 0 Å². The van der Waals surface area contributed by atoms with Crippen molar-refractivity contribution < 1.29 is 14.0 Å². The molecule has 2 aromatic rings. The fraction of sp³-hybridized carbons (Fsp3) is 0.529. The lowest BCUT2D eigenvalue weighted by molar-refractivity contribution is -0.122. The number of hydrogen-bond acceptors (Lipinski definition) is 6. The van der Waals surface area contributed by atoms with Crippen LogP contribution in [0.5, 0.6) is 0 Å². The molecule has 0 unspecified atom stereocenters. The molecule has 9 nitrogen and oxygen atoms in total. The van der Waals surface area contributed by atoms with Crippen molar-refractivity contribution in [2.45, 2.75) is 38.9 Å². The maximum absolute atomic E-state index is 12.6. The quantitative estimate of drug-likeness (QED) is 0.775. The highest BCUT2D eigenvalue weighted by atomic mass is 35.5. The number of carbonyl (C=O) groups excluding carboxylic acids is 2. The predicted molar refractivity (Wildman–Crippen MR) is 101 cm³/mol. The summed E-state index contributed by atoms with van der Waals surface area (Å²) in [5.41, 5.74) is 1.26. The molecule has 0 aromatic carbocycles. The van der Waals surface area contributed by atoms with Crippen LogP contribution in [0.15, 0.2) is 16.7 Å². The third-order valence-corrected chi connectivity index (χ3v) is 4.62. The van der Waals surface area contributed by atoms with Crippen LogP contribution in [0.1, 0.15) is 40.0 Å². The average molecular weight is 397 g/mol. The van der Waals surface area contributed by atoms with Crippen molar-refractivity contribution in [1.82, 2.24) is 30.5 Å². The van der Waals surface area contributed by atoms with Gasteiger partial charge in [0.2, 0.25) is 5.91 Å². The summed E-state index contributed by atoms with van der Waals surface area (Å²) in [6.45, 7) is 4.60. The third-order valence-electron chi connectivity index (χ3n) is 4.62. The summed E-state index contributed by atoms with van der Waals surface area (Å²) >= 11 is 0. The number of rotatable bonds is 5. The summed E-state index contributed by atoms with van der Waals surface area (Å²) in [6.07, 6.45) is 2.49. The topological polar surface area (TPSA) is 105 Å². The number of amides is 2. The number of nitrogens with zero attached hydrogens (tertiary/aromatic N) is 4. The molecule has 0 aliphatic carbocycles. The molecule has 2 atom stereocenters. The SMILES string of the molecule is CNC(=O)[C@@H]1C[C@@H](n2cc(CN(C)C(=O)c3cc(C)oc3C)nn2)CN1.Cl. The van der Waals surface area contributed by atoms with Crippen LogP contribution in [0.2, 0.25) is 0 Å². The molecule has 0 bridgehead atoms. The third kappa shape index (κ3) is 4.48. The minimum absolute atomic E-state index is 0. The van der Waals surface area contributed by atoms with E-state index < -0.39 is 0 Å². The van der Waals surface area contributed by atoms with Gasteiger partial charge >= 0.3 is 0 Å². The average Bonchev–Trinajstić information content (AvgIpc) is 3.33. The van der Waals surface area contributed by atoms with Gasteiger partial charge in [0.15, 0.2) is 0 Å². The summed E-state index contributed by atoms with van der Waals surface area (Å²) in [4.78, 5) is 25.9. The van der Waals surface area contributed by atoms with E-state index in [2.05, 4.69) is 20.9 Å². The van der Waals surface area contributed by atoms with E-state index in [9.17, 15) is 9.59 Å². The fourth-order valence-corrected chi connectivity index (χ4v) is 3.22. The molecule has 1 saturated heterocycles. The second kappa shape index (κ2) is 8.53. The second-order valence-electron chi connectivity index (χ2n) is 6.64. The van der Waals surface area contributed by atoms with E-state index in [4.69, 9.17) is 4.42 Å². The van der Waals surface area contributed by atoms with Crippen molar-refractivity contribution in [1.29, 1.82) is 0 Å². The summed E-state index contributed by atoms with van der Waals surface area (Å²) in [6, 6.07) is 1.60. The van der Waals surface area contributed by atoms with Gasteiger partial charge in [-0.1, -0.05) is 5.21 Å². The highest BCUT2D eigenvalue weighted by Crippen LogP contribution is 2.20. The molecule has 148 valence electrons. The normalized spacial score (nSPS) is 18.8. The van der Waals surface area contributed by atoms with Crippen LogP contribution in [-0.2, 0) is 11.3 Å². The minimum atomic E-state index is -0.214. The van der Waals surface area contributed by atoms with Gasteiger partial charge in [-0.3, -0.25) is 9.59 Å². The van der Waals surface area contributed by atoms with Gasteiger partial charge in [0, 0.05) is 20.6 Å². The largest absolute Gasteiger partial charge is 0.466 e. The van der Waals surface area contributed by atoms with Gasteiger partial charge in [0.1, 0.15) is 17.2 Å². The Morgan fingerprint density at radius 3 is 2.81 bits per heavy atom. The summed E-state index contributed by atoms with van der Waals surface area (Å²) in [7, 11) is 3.35. The first-order chi connectivity index (χ1) is 12.4. The van der Waals surface area contributed by atoms with Crippen LogP contribution < -0.4 is 10.6 Å². The van der Waals surface area contributed by atoms with Gasteiger partial charge in [-0.25, -0.2) is 4.68 Å². The zero-order valence-electron chi connectivity index (χ0n) is 15.9. The number of halogens is 1. The van der Waals surface area contributed by atoms with Crippen LogP contribution in [0.3, 0.4) is 0 Å². The molecule has 3 rings (SSSR count). The molecule has 1 fully saturated rings. The first-order valence-corrected chi connectivity index (χ1v) is 8.57.